The molecule has 0 radical (unpaired) electrons. The molecule has 1 aromatic heterocycles. The van der Waals surface area contributed by atoms with Crippen LogP contribution < -0.4 is 0 Å². The first kappa shape index (κ1) is 15.7. The van der Waals surface area contributed by atoms with Crippen LogP contribution in [0.2, 0.25) is 0 Å². The van der Waals surface area contributed by atoms with Crippen LogP contribution in [-0.4, -0.2) is 22.9 Å². The Balaban J connectivity index is 1.73. The zero-order chi connectivity index (χ0) is 16.4. The number of rotatable bonds is 4. The maximum atomic E-state index is 13.5. The SMILES string of the molecule is COC(=O)c1ccc(CCn2cc3c(Br)c(F)ccc3n2)cc1. The summed E-state index contributed by atoms with van der Waals surface area (Å²) in [6.45, 7) is 0.667. The standard InChI is InChI=1S/C17H14BrFN2O2/c1-23-17(22)12-4-2-11(3-5-12)8-9-21-10-13-15(20-21)7-6-14(19)16(13)18/h2-7,10H,8-9H2,1H3. The highest BCUT2D eigenvalue weighted by atomic mass is 79.9. The number of aromatic nitrogens is 2. The van der Waals surface area contributed by atoms with Gasteiger partial charge in [-0.3, -0.25) is 4.68 Å². The topological polar surface area (TPSA) is 44.1 Å². The zero-order valence-electron chi connectivity index (χ0n) is 12.4. The highest BCUT2D eigenvalue weighted by Crippen LogP contribution is 2.26. The Kier molecular flexibility index (Phi) is 4.43. The van der Waals surface area contributed by atoms with E-state index in [2.05, 4.69) is 25.8 Å². The molecule has 0 spiro atoms. The highest BCUT2D eigenvalue weighted by Gasteiger charge is 2.09. The van der Waals surface area contributed by atoms with E-state index in [1.807, 2.05) is 18.3 Å². The van der Waals surface area contributed by atoms with Gasteiger partial charge in [0, 0.05) is 18.1 Å². The fourth-order valence-corrected chi connectivity index (χ4v) is 2.80. The third-order valence-electron chi connectivity index (χ3n) is 3.63. The molecule has 2 aromatic carbocycles. The van der Waals surface area contributed by atoms with Gasteiger partial charge < -0.3 is 4.74 Å². The van der Waals surface area contributed by atoms with Gasteiger partial charge in [0.05, 0.1) is 22.7 Å². The van der Waals surface area contributed by atoms with E-state index in [-0.39, 0.29) is 11.8 Å². The second-order valence-corrected chi connectivity index (χ2v) is 5.92. The van der Waals surface area contributed by atoms with Gasteiger partial charge in [0.2, 0.25) is 0 Å². The number of benzene rings is 2. The molecular formula is C17H14BrFN2O2. The molecule has 0 unspecified atom stereocenters. The van der Waals surface area contributed by atoms with E-state index in [1.54, 1.807) is 22.9 Å². The van der Waals surface area contributed by atoms with Gasteiger partial charge in [-0.15, -0.1) is 0 Å². The largest absolute Gasteiger partial charge is 0.465 e. The van der Waals surface area contributed by atoms with Crippen LogP contribution in [0.15, 0.2) is 47.1 Å². The molecule has 0 bridgehead atoms. The molecule has 0 atom stereocenters. The number of hydrogen-bond donors (Lipinski definition) is 0. The fourth-order valence-electron chi connectivity index (χ4n) is 2.37. The number of ether oxygens (including phenoxy) is 1. The van der Waals surface area contributed by atoms with Crippen molar-refractivity contribution in [2.24, 2.45) is 0 Å². The molecule has 0 aliphatic heterocycles. The van der Waals surface area contributed by atoms with Crippen LogP contribution in [-0.2, 0) is 17.7 Å². The Hall–Kier alpha value is -2.21. The average molecular weight is 377 g/mol. The number of carbonyl (C=O) groups is 1. The van der Waals surface area contributed by atoms with Gasteiger partial charge in [0.15, 0.2) is 0 Å². The molecule has 0 saturated heterocycles. The minimum Gasteiger partial charge on any atom is -0.465 e. The van der Waals surface area contributed by atoms with E-state index in [0.29, 0.717) is 16.6 Å². The van der Waals surface area contributed by atoms with Crippen molar-refractivity contribution in [2.75, 3.05) is 7.11 Å². The van der Waals surface area contributed by atoms with Crippen molar-refractivity contribution in [1.82, 2.24) is 9.78 Å². The molecular weight excluding hydrogens is 363 g/mol. The number of halogens is 2. The molecule has 4 nitrogen and oxygen atoms in total. The summed E-state index contributed by atoms with van der Waals surface area (Å²) in [5.74, 6) is -0.641. The van der Waals surface area contributed by atoms with Crippen molar-refractivity contribution >= 4 is 32.8 Å². The summed E-state index contributed by atoms with van der Waals surface area (Å²) in [5.41, 5.74) is 2.36. The normalized spacial score (nSPS) is 10.9. The number of esters is 1. The minimum absolute atomic E-state index is 0.296. The van der Waals surface area contributed by atoms with E-state index in [1.165, 1.54) is 13.2 Å². The van der Waals surface area contributed by atoms with Crippen molar-refractivity contribution in [3.63, 3.8) is 0 Å². The molecule has 0 amide bonds. The van der Waals surface area contributed by atoms with E-state index in [9.17, 15) is 9.18 Å². The van der Waals surface area contributed by atoms with Crippen LogP contribution in [0.25, 0.3) is 10.9 Å². The average Bonchev–Trinajstić information content (AvgIpc) is 3.00. The molecule has 3 rings (SSSR count). The molecule has 23 heavy (non-hydrogen) atoms. The summed E-state index contributed by atoms with van der Waals surface area (Å²) in [7, 11) is 1.36. The van der Waals surface area contributed by atoms with Gasteiger partial charge in [-0.1, -0.05) is 12.1 Å². The van der Waals surface area contributed by atoms with Crippen molar-refractivity contribution in [3.05, 3.63) is 64.0 Å². The Morgan fingerprint density at radius 2 is 2.00 bits per heavy atom. The summed E-state index contributed by atoms with van der Waals surface area (Å²) >= 11 is 3.25. The van der Waals surface area contributed by atoms with Crippen molar-refractivity contribution in [2.45, 2.75) is 13.0 Å². The molecule has 3 aromatic rings. The molecule has 1 heterocycles. The zero-order valence-corrected chi connectivity index (χ0v) is 14.0. The Bertz CT molecular complexity index is 859. The molecule has 0 saturated carbocycles. The van der Waals surface area contributed by atoms with Gasteiger partial charge in [-0.2, -0.15) is 5.10 Å². The van der Waals surface area contributed by atoms with Crippen molar-refractivity contribution in [3.8, 4) is 0 Å². The number of methoxy groups -OCH3 is 1. The van der Waals surface area contributed by atoms with Crippen LogP contribution in [0.5, 0.6) is 0 Å². The summed E-state index contributed by atoms with van der Waals surface area (Å²) in [5, 5.41) is 5.19. The van der Waals surface area contributed by atoms with Gasteiger partial charge >= 0.3 is 5.97 Å². The first-order valence-electron chi connectivity index (χ1n) is 7.07. The molecule has 6 heteroatoms. The predicted molar refractivity (Wildman–Crippen MR) is 88.9 cm³/mol. The lowest BCUT2D eigenvalue weighted by molar-refractivity contribution is 0.0600. The van der Waals surface area contributed by atoms with E-state index < -0.39 is 0 Å². The third kappa shape index (κ3) is 3.27. The second-order valence-electron chi connectivity index (χ2n) is 5.12. The van der Waals surface area contributed by atoms with Crippen LogP contribution >= 0.6 is 15.9 Å². The van der Waals surface area contributed by atoms with Crippen LogP contribution in [0.3, 0.4) is 0 Å². The van der Waals surface area contributed by atoms with Gasteiger partial charge in [0.25, 0.3) is 0 Å². The molecule has 0 N–H and O–H groups in total. The van der Waals surface area contributed by atoms with E-state index >= 15 is 0 Å². The second kappa shape index (κ2) is 6.50. The number of aryl methyl sites for hydroxylation is 2. The fraction of sp³-hybridized carbons (Fsp3) is 0.176. The lowest BCUT2D eigenvalue weighted by Crippen LogP contribution is -2.03. The van der Waals surface area contributed by atoms with E-state index in [0.717, 1.165) is 22.9 Å². The van der Waals surface area contributed by atoms with E-state index in [4.69, 9.17) is 0 Å². The summed E-state index contributed by atoms with van der Waals surface area (Å²) in [6, 6.07) is 10.3. The van der Waals surface area contributed by atoms with Gasteiger partial charge in [0.1, 0.15) is 5.82 Å². The summed E-state index contributed by atoms with van der Waals surface area (Å²) in [4.78, 5) is 11.4. The first-order valence-corrected chi connectivity index (χ1v) is 7.86. The number of hydrogen-bond acceptors (Lipinski definition) is 3. The lowest BCUT2D eigenvalue weighted by Gasteiger charge is -2.03. The van der Waals surface area contributed by atoms with Crippen molar-refractivity contribution < 1.29 is 13.9 Å². The third-order valence-corrected chi connectivity index (χ3v) is 4.43. The Morgan fingerprint density at radius 1 is 1.26 bits per heavy atom. The van der Waals surface area contributed by atoms with Crippen LogP contribution in [0, 0.1) is 5.82 Å². The minimum atomic E-state index is -0.346. The lowest BCUT2D eigenvalue weighted by atomic mass is 10.1. The van der Waals surface area contributed by atoms with Gasteiger partial charge in [-0.25, -0.2) is 9.18 Å². The maximum Gasteiger partial charge on any atom is 0.337 e. The molecule has 0 aliphatic carbocycles. The maximum absolute atomic E-state index is 13.5. The summed E-state index contributed by atoms with van der Waals surface area (Å²) in [6.07, 6.45) is 2.58. The molecule has 118 valence electrons. The molecule has 0 aliphatic rings. The highest BCUT2D eigenvalue weighted by molar-refractivity contribution is 9.10. The quantitative estimate of drug-likeness (QED) is 0.647. The monoisotopic (exact) mass is 376 g/mol. The predicted octanol–water partition coefficient (Wildman–Crippen LogP) is 3.97. The Morgan fingerprint density at radius 3 is 2.70 bits per heavy atom. The number of fused-ring (bicyclic) bond motifs is 1. The smallest absolute Gasteiger partial charge is 0.337 e. The van der Waals surface area contributed by atoms with Crippen LogP contribution in [0.1, 0.15) is 15.9 Å². The first-order chi connectivity index (χ1) is 11.1. The number of nitrogens with zero attached hydrogens (tertiary/aromatic N) is 2. The molecule has 0 fully saturated rings. The van der Waals surface area contributed by atoms with Crippen LogP contribution in [0.4, 0.5) is 4.39 Å². The Labute approximate surface area is 141 Å². The van der Waals surface area contributed by atoms with Crippen molar-refractivity contribution in [1.29, 1.82) is 0 Å². The van der Waals surface area contributed by atoms with Gasteiger partial charge in [-0.05, 0) is 52.2 Å². The number of carbonyl (C=O) groups excluding carboxylic acids is 1. The summed E-state index contributed by atoms with van der Waals surface area (Å²) < 4.78 is 20.4.